The Morgan fingerprint density at radius 2 is 1.95 bits per heavy atom. The highest BCUT2D eigenvalue weighted by molar-refractivity contribution is 7.89. The lowest BCUT2D eigenvalue weighted by atomic mass is 10.1. The van der Waals surface area contributed by atoms with Crippen LogP contribution >= 0.6 is 12.4 Å². The zero-order valence-electron chi connectivity index (χ0n) is 11.4. The Balaban J connectivity index is 0.00000200. The normalized spacial score (nSPS) is 11.3. The highest BCUT2D eigenvalue weighted by Gasteiger charge is 2.17. The number of halogens is 1. The summed E-state index contributed by atoms with van der Waals surface area (Å²) >= 11 is 0. The lowest BCUT2D eigenvalue weighted by molar-refractivity contribution is 0.580. The molecule has 0 aliphatic rings. The minimum Gasteiger partial charge on any atom is -0.318 e. The first-order chi connectivity index (χ1) is 9.06. The first kappa shape index (κ1) is 16.8. The average molecular weight is 316 g/mol. The summed E-state index contributed by atoms with van der Waals surface area (Å²) in [6.45, 7) is 2.86. The van der Waals surface area contributed by atoms with Crippen LogP contribution in [0, 0.1) is 6.92 Å². The van der Waals surface area contributed by atoms with E-state index in [2.05, 4.69) is 15.0 Å². The number of aromatic nitrogens is 1. The second-order valence-electron chi connectivity index (χ2n) is 4.28. The van der Waals surface area contributed by atoms with Gasteiger partial charge in [-0.25, -0.2) is 13.1 Å². The Hall–Kier alpha value is -1.21. The summed E-state index contributed by atoms with van der Waals surface area (Å²) in [7, 11) is -1.73. The van der Waals surface area contributed by atoms with E-state index in [4.69, 9.17) is 0 Å². The molecule has 110 valence electrons. The molecule has 0 amide bonds. The van der Waals surface area contributed by atoms with E-state index in [1.165, 1.54) is 0 Å². The fraction of sp³-hybridized carbons (Fsp3) is 0.308. The van der Waals surface area contributed by atoms with Gasteiger partial charge in [-0.1, -0.05) is 6.07 Å². The molecule has 2 aromatic rings. The van der Waals surface area contributed by atoms with Crippen molar-refractivity contribution in [2.24, 2.45) is 0 Å². The first-order valence-electron chi connectivity index (χ1n) is 6.05. The van der Waals surface area contributed by atoms with Gasteiger partial charge >= 0.3 is 0 Å². The number of likely N-dealkylation sites (N-methyl/N-ethyl adjacent to an activating group) is 1. The quantitative estimate of drug-likeness (QED) is 0.820. The third-order valence-electron chi connectivity index (χ3n) is 2.89. The van der Waals surface area contributed by atoms with Crippen LogP contribution in [0.5, 0.6) is 0 Å². The van der Waals surface area contributed by atoms with E-state index >= 15 is 0 Å². The van der Waals surface area contributed by atoms with Gasteiger partial charge in [0.05, 0.1) is 10.4 Å². The molecule has 0 spiro atoms. The summed E-state index contributed by atoms with van der Waals surface area (Å²) in [5, 5.41) is 3.55. The Morgan fingerprint density at radius 3 is 2.65 bits per heavy atom. The lowest BCUT2D eigenvalue weighted by Crippen LogP contribution is -2.30. The van der Waals surface area contributed by atoms with Crippen molar-refractivity contribution in [1.29, 1.82) is 0 Å². The summed E-state index contributed by atoms with van der Waals surface area (Å²) in [5.74, 6) is 0. The Labute approximate surface area is 125 Å². The second-order valence-corrected chi connectivity index (χ2v) is 6.02. The number of nitrogens with zero attached hydrogens (tertiary/aromatic N) is 1. The van der Waals surface area contributed by atoms with E-state index in [1.807, 2.05) is 6.92 Å². The number of sulfonamides is 1. The van der Waals surface area contributed by atoms with E-state index in [0.29, 0.717) is 18.5 Å². The number of nitrogens with one attached hydrogen (secondary N) is 2. The zero-order valence-corrected chi connectivity index (χ0v) is 13.0. The third-order valence-corrected chi connectivity index (χ3v) is 4.41. The molecule has 0 unspecified atom stereocenters. The first-order valence-corrected chi connectivity index (χ1v) is 7.53. The zero-order chi connectivity index (χ0) is 13.9. The molecule has 1 aromatic carbocycles. The monoisotopic (exact) mass is 315 g/mol. The van der Waals surface area contributed by atoms with Crippen molar-refractivity contribution in [1.82, 2.24) is 15.0 Å². The highest BCUT2D eigenvalue weighted by Crippen LogP contribution is 2.23. The highest BCUT2D eigenvalue weighted by atomic mass is 35.5. The van der Waals surface area contributed by atoms with E-state index in [1.54, 1.807) is 37.5 Å². The van der Waals surface area contributed by atoms with Crippen LogP contribution in [0.15, 0.2) is 35.4 Å². The molecule has 0 saturated heterocycles. The van der Waals surface area contributed by atoms with Gasteiger partial charge in [-0.15, -0.1) is 12.4 Å². The molecule has 0 saturated carbocycles. The predicted molar refractivity (Wildman–Crippen MR) is 82.8 cm³/mol. The van der Waals surface area contributed by atoms with Crippen molar-refractivity contribution in [2.45, 2.75) is 11.8 Å². The second kappa shape index (κ2) is 6.99. The van der Waals surface area contributed by atoms with Crippen LogP contribution in [0.2, 0.25) is 0 Å². The summed E-state index contributed by atoms with van der Waals surface area (Å²) in [6.07, 6.45) is 1.67. The topological polar surface area (TPSA) is 71.1 Å². The maximum atomic E-state index is 12.3. The van der Waals surface area contributed by atoms with Crippen LogP contribution < -0.4 is 10.0 Å². The molecule has 0 aliphatic carbocycles. The van der Waals surface area contributed by atoms with Crippen molar-refractivity contribution >= 4 is 33.3 Å². The number of fused-ring (bicyclic) bond motifs is 1. The maximum Gasteiger partial charge on any atom is 0.241 e. The van der Waals surface area contributed by atoms with Crippen LogP contribution in [-0.4, -0.2) is 33.5 Å². The summed E-state index contributed by atoms with van der Waals surface area (Å²) < 4.78 is 27.1. The van der Waals surface area contributed by atoms with Crippen molar-refractivity contribution in [3.8, 4) is 0 Å². The van der Waals surface area contributed by atoms with Gasteiger partial charge in [-0.05, 0) is 37.7 Å². The Kier molecular flexibility index (Phi) is 5.88. The molecule has 0 radical (unpaired) electrons. The molecule has 7 heteroatoms. The average Bonchev–Trinajstić information content (AvgIpc) is 2.39. The standard InChI is InChI=1S/C13H17N3O2S.ClH/c1-10-5-6-12(11-4-3-7-15-13(10)11)19(17,18)16-9-8-14-2;/h3-7,14,16H,8-9H2,1-2H3;1H. The predicted octanol–water partition coefficient (Wildman–Crippen LogP) is 1.46. The molecule has 0 atom stereocenters. The largest absolute Gasteiger partial charge is 0.318 e. The molecule has 2 rings (SSSR count). The van der Waals surface area contributed by atoms with E-state index in [0.717, 1.165) is 11.1 Å². The van der Waals surface area contributed by atoms with Gasteiger partial charge in [0.1, 0.15) is 0 Å². The van der Waals surface area contributed by atoms with Crippen molar-refractivity contribution in [3.05, 3.63) is 36.0 Å². The van der Waals surface area contributed by atoms with Crippen molar-refractivity contribution in [2.75, 3.05) is 20.1 Å². The van der Waals surface area contributed by atoms with Gasteiger partial charge in [0.25, 0.3) is 0 Å². The SMILES string of the molecule is CNCCNS(=O)(=O)c1ccc(C)c2ncccc12.Cl. The number of hydrogen-bond acceptors (Lipinski definition) is 4. The van der Waals surface area contributed by atoms with Gasteiger partial charge in [0, 0.05) is 24.7 Å². The van der Waals surface area contributed by atoms with E-state index < -0.39 is 10.0 Å². The van der Waals surface area contributed by atoms with Crippen LogP contribution in [0.4, 0.5) is 0 Å². The fourth-order valence-corrected chi connectivity index (χ4v) is 3.14. The summed E-state index contributed by atoms with van der Waals surface area (Å²) in [4.78, 5) is 4.52. The van der Waals surface area contributed by atoms with Crippen LogP contribution in [0.25, 0.3) is 10.9 Å². The molecule has 5 nitrogen and oxygen atoms in total. The van der Waals surface area contributed by atoms with E-state index in [-0.39, 0.29) is 17.3 Å². The van der Waals surface area contributed by atoms with Crippen LogP contribution in [0.3, 0.4) is 0 Å². The minimum atomic E-state index is -3.51. The molecular weight excluding hydrogens is 298 g/mol. The molecule has 20 heavy (non-hydrogen) atoms. The summed E-state index contributed by atoms with van der Waals surface area (Å²) in [6, 6.07) is 6.93. The van der Waals surface area contributed by atoms with Crippen LogP contribution in [0.1, 0.15) is 5.56 Å². The number of rotatable bonds is 5. The smallest absolute Gasteiger partial charge is 0.241 e. The molecule has 0 bridgehead atoms. The van der Waals surface area contributed by atoms with Crippen molar-refractivity contribution < 1.29 is 8.42 Å². The third kappa shape index (κ3) is 3.46. The van der Waals surface area contributed by atoms with Gasteiger partial charge in [-0.3, -0.25) is 4.98 Å². The molecular formula is C13H18ClN3O2S. The summed E-state index contributed by atoms with van der Waals surface area (Å²) in [5.41, 5.74) is 1.68. The minimum absolute atomic E-state index is 0. The molecule has 0 aliphatic heterocycles. The maximum absolute atomic E-state index is 12.3. The number of hydrogen-bond donors (Lipinski definition) is 2. The molecule has 1 heterocycles. The Morgan fingerprint density at radius 1 is 1.20 bits per heavy atom. The number of benzene rings is 1. The van der Waals surface area contributed by atoms with Gasteiger partial charge in [0.15, 0.2) is 0 Å². The molecule has 1 aromatic heterocycles. The van der Waals surface area contributed by atoms with Gasteiger partial charge in [0.2, 0.25) is 10.0 Å². The lowest BCUT2D eigenvalue weighted by Gasteiger charge is -2.10. The van der Waals surface area contributed by atoms with Crippen LogP contribution in [-0.2, 0) is 10.0 Å². The Bertz CT molecular complexity index is 689. The number of pyridine rings is 1. The molecule has 2 N–H and O–H groups in total. The van der Waals surface area contributed by atoms with Gasteiger partial charge < -0.3 is 5.32 Å². The molecule has 0 fully saturated rings. The van der Waals surface area contributed by atoms with Crippen molar-refractivity contribution in [3.63, 3.8) is 0 Å². The van der Waals surface area contributed by atoms with E-state index in [9.17, 15) is 8.42 Å². The fourth-order valence-electron chi connectivity index (χ4n) is 1.91. The number of aryl methyl sites for hydroxylation is 1. The van der Waals surface area contributed by atoms with Gasteiger partial charge in [-0.2, -0.15) is 0 Å².